The van der Waals surface area contributed by atoms with Crippen LogP contribution in [0.1, 0.15) is 122 Å². The van der Waals surface area contributed by atoms with Crippen LogP contribution in [0.3, 0.4) is 0 Å². The molecule has 0 saturated carbocycles. The summed E-state index contributed by atoms with van der Waals surface area (Å²) in [6, 6.07) is 29.8. The van der Waals surface area contributed by atoms with Crippen molar-refractivity contribution in [3.05, 3.63) is 137 Å². The number of ether oxygens (including phenoxy) is 2. The fourth-order valence-electron chi connectivity index (χ4n) is 8.06. The van der Waals surface area contributed by atoms with Crippen LogP contribution in [0.2, 0.25) is 0 Å². The molecule has 0 bridgehead atoms. The predicted octanol–water partition coefficient (Wildman–Crippen LogP) is 10.5. The Morgan fingerprint density at radius 2 is 1.00 bits per heavy atom. The fourth-order valence-corrected chi connectivity index (χ4v) is 8.06. The van der Waals surface area contributed by atoms with Gasteiger partial charge in [0.05, 0.1) is 28.4 Å². The quantitative estimate of drug-likeness (QED) is 0.0916. The number of hydrogen-bond acceptors (Lipinski definition) is 9. The average molecular weight is 899 g/mol. The van der Waals surface area contributed by atoms with E-state index in [9.17, 15) is 19.2 Å². The molecule has 14 nitrogen and oxygen atoms in total. The van der Waals surface area contributed by atoms with Crippen molar-refractivity contribution in [3.63, 3.8) is 0 Å². The Morgan fingerprint density at radius 1 is 0.606 bits per heavy atom. The van der Waals surface area contributed by atoms with Gasteiger partial charge in [-0.3, -0.25) is 29.8 Å². The summed E-state index contributed by atoms with van der Waals surface area (Å²) in [5.74, 6) is 0.584. The van der Waals surface area contributed by atoms with Gasteiger partial charge in [0.2, 0.25) is 0 Å². The number of nitrogens with zero attached hydrogens (tertiary/aromatic N) is 3. The monoisotopic (exact) mass is 899 g/mol. The number of carbonyl (C=O) groups excluding carboxylic acids is 4. The summed E-state index contributed by atoms with van der Waals surface area (Å²) < 4.78 is 12.5. The molecule has 2 saturated heterocycles. The lowest BCUT2D eigenvalue weighted by molar-refractivity contribution is 0.0624. The number of piperidine rings is 2. The molecule has 5 aromatic rings. The van der Waals surface area contributed by atoms with Crippen LogP contribution in [0.4, 0.5) is 32.3 Å². The molecule has 5 N–H and O–H groups in total. The molecular formula is C52H66N8O6. The maximum atomic E-state index is 12.9. The second kappa shape index (κ2) is 22.1. The minimum Gasteiger partial charge on any atom is -0.444 e. The van der Waals surface area contributed by atoms with E-state index in [0.717, 1.165) is 64.1 Å². The summed E-state index contributed by atoms with van der Waals surface area (Å²) >= 11 is 0. The maximum Gasteiger partial charge on any atom is 0.412 e. The molecule has 0 atom stereocenters. The molecule has 4 aromatic carbocycles. The van der Waals surface area contributed by atoms with Crippen LogP contribution in [0, 0.1) is 6.92 Å². The normalized spacial score (nSPS) is 14.8. The van der Waals surface area contributed by atoms with Crippen molar-refractivity contribution in [3.8, 4) is 0 Å². The van der Waals surface area contributed by atoms with Gasteiger partial charge in [0.15, 0.2) is 0 Å². The van der Waals surface area contributed by atoms with Crippen molar-refractivity contribution in [2.75, 3.05) is 47.4 Å². The second-order valence-electron chi connectivity index (χ2n) is 19.0. The number of aryl methyl sites for hydroxylation is 2. The molecule has 3 heterocycles. The topological polar surface area (TPSA) is 168 Å². The van der Waals surface area contributed by atoms with Gasteiger partial charge < -0.3 is 25.4 Å². The molecule has 0 radical (unpaired) electrons. The number of benzene rings is 4. The first kappa shape index (κ1) is 48.9. The number of anilines is 4. The van der Waals surface area contributed by atoms with Crippen molar-refractivity contribution >= 4 is 46.8 Å². The van der Waals surface area contributed by atoms with Crippen molar-refractivity contribution in [1.29, 1.82) is 0 Å². The molecule has 14 heteroatoms. The number of amides is 4. The number of hydrogen-bond donors (Lipinski definition) is 5. The first-order valence-electron chi connectivity index (χ1n) is 22.8. The van der Waals surface area contributed by atoms with E-state index in [0.29, 0.717) is 45.7 Å². The first-order chi connectivity index (χ1) is 31.4. The van der Waals surface area contributed by atoms with Crippen molar-refractivity contribution in [2.45, 2.75) is 104 Å². The van der Waals surface area contributed by atoms with Crippen molar-refractivity contribution in [1.82, 2.24) is 20.0 Å². The molecule has 0 aliphatic carbocycles. The van der Waals surface area contributed by atoms with E-state index in [1.807, 2.05) is 48.1 Å². The molecule has 2 aliphatic heterocycles. The zero-order valence-electron chi connectivity index (χ0n) is 39.6. The molecule has 1 aromatic heterocycles. The van der Waals surface area contributed by atoms with Crippen LogP contribution in [0.25, 0.3) is 0 Å². The molecule has 2 fully saturated rings. The van der Waals surface area contributed by atoms with E-state index >= 15 is 0 Å². The summed E-state index contributed by atoms with van der Waals surface area (Å²) in [6.07, 6.45) is 5.40. The van der Waals surface area contributed by atoms with Gasteiger partial charge >= 0.3 is 12.2 Å². The minimum absolute atomic E-state index is 0.222. The number of nitrogens with one attached hydrogen (secondary N) is 5. The van der Waals surface area contributed by atoms with E-state index in [1.165, 1.54) is 16.7 Å². The Hall–Kier alpha value is -6.51. The van der Waals surface area contributed by atoms with Gasteiger partial charge in [0.1, 0.15) is 11.2 Å². The van der Waals surface area contributed by atoms with Gasteiger partial charge in [-0.2, -0.15) is 5.10 Å². The van der Waals surface area contributed by atoms with Crippen LogP contribution >= 0.6 is 0 Å². The Kier molecular flexibility index (Phi) is 16.4. The zero-order valence-corrected chi connectivity index (χ0v) is 39.6. The third-order valence-electron chi connectivity index (χ3n) is 11.3. The molecule has 2 aliphatic rings. The van der Waals surface area contributed by atoms with E-state index in [1.54, 1.807) is 90.1 Å². The standard InChI is InChI=1S/C29H37N5O3.C23H29N3O3/c1-20-24(18-33(5)32-20)19-34-16-14-22(15-17-34)21-10-12-23(13-11-21)27(35)30-25-8-6-7-9-26(25)31-28(36)37-29(2,3)4;1-23(2,3)29-22(28)26-20-7-5-4-6-19(20)25-21(27)18-10-8-16(9-11-18)17-12-14-24-15-13-17/h6-13,18,22H,14-17,19H2,1-5H3,(H,30,35)(H,31,36);4-11,17,24H,12-15H2,1-3H3,(H,25,27)(H,26,28). The van der Waals surface area contributed by atoms with Gasteiger partial charge in [-0.1, -0.05) is 48.5 Å². The Bertz CT molecular complexity index is 2420. The smallest absolute Gasteiger partial charge is 0.412 e. The highest BCUT2D eigenvalue weighted by Gasteiger charge is 2.23. The van der Waals surface area contributed by atoms with E-state index in [-0.39, 0.29) is 11.8 Å². The van der Waals surface area contributed by atoms with Gasteiger partial charge in [-0.05, 0) is 172 Å². The molecule has 0 spiro atoms. The first-order valence-corrected chi connectivity index (χ1v) is 22.8. The number of likely N-dealkylation sites (tertiary alicyclic amines) is 1. The third-order valence-corrected chi connectivity index (χ3v) is 11.3. The molecule has 7 rings (SSSR count). The zero-order chi connectivity index (χ0) is 47.4. The van der Waals surface area contributed by atoms with Crippen LogP contribution in [0.5, 0.6) is 0 Å². The summed E-state index contributed by atoms with van der Waals surface area (Å²) in [5.41, 5.74) is 6.87. The van der Waals surface area contributed by atoms with Crippen LogP contribution in [0.15, 0.2) is 103 Å². The van der Waals surface area contributed by atoms with E-state index in [4.69, 9.17) is 9.47 Å². The number of para-hydroxylation sites is 4. The van der Waals surface area contributed by atoms with Crippen LogP contribution < -0.4 is 26.6 Å². The molecular weight excluding hydrogens is 833 g/mol. The lowest BCUT2D eigenvalue weighted by atomic mass is 9.89. The second-order valence-corrected chi connectivity index (χ2v) is 19.0. The lowest BCUT2D eigenvalue weighted by Crippen LogP contribution is -2.32. The van der Waals surface area contributed by atoms with E-state index in [2.05, 4.69) is 61.8 Å². The largest absolute Gasteiger partial charge is 0.444 e. The third kappa shape index (κ3) is 14.8. The minimum atomic E-state index is -0.612. The van der Waals surface area contributed by atoms with Gasteiger partial charge in [0.25, 0.3) is 11.8 Å². The average Bonchev–Trinajstić information content (AvgIpc) is 3.59. The highest BCUT2D eigenvalue weighted by atomic mass is 16.6. The van der Waals surface area contributed by atoms with E-state index < -0.39 is 23.4 Å². The van der Waals surface area contributed by atoms with Crippen molar-refractivity contribution < 1.29 is 28.7 Å². The molecule has 0 unspecified atom stereocenters. The molecule has 350 valence electrons. The molecule has 66 heavy (non-hydrogen) atoms. The van der Waals surface area contributed by atoms with Crippen molar-refractivity contribution in [2.24, 2.45) is 7.05 Å². The Labute approximate surface area is 389 Å². The summed E-state index contributed by atoms with van der Waals surface area (Å²) in [5, 5.41) is 19.0. The van der Waals surface area contributed by atoms with Gasteiger partial charge in [-0.15, -0.1) is 0 Å². The van der Waals surface area contributed by atoms with Crippen LogP contribution in [-0.4, -0.2) is 76.1 Å². The van der Waals surface area contributed by atoms with Gasteiger partial charge in [0, 0.05) is 36.5 Å². The summed E-state index contributed by atoms with van der Waals surface area (Å²) in [7, 11) is 1.96. The number of aromatic nitrogens is 2. The van der Waals surface area contributed by atoms with Crippen LogP contribution in [-0.2, 0) is 23.1 Å². The Morgan fingerprint density at radius 3 is 1.38 bits per heavy atom. The lowest BCUT2D eigenvalue weighted by Gasteiger charge is -2.32. The Balaban J connectivity index is 0.000000225. The fraction of sp³-hybridized carbons (Fsp3) is 0.404. The summed E-state index contributed by atoms with van der Waals surface area (Å²) in [6.45, 7) is 18.0. The SMILES string of the molecule is CC(C)(C)OC(=O)Nc1ccccc1NC(=O)c1ccc(C2CCNCC2)cc1.Cc1nn(C)cc1CN1CCC(c2ccc(C(=O)Nc3ccccc3NC(=O)OC(C)(C)C)cc2)CC1. The number of carbonyl (C=O) groups is 4. The predicted molar refractivity (Wildman–Crippen MR) is 261 cm³/mol. The highest BCUT2D eigenvalue weighted by molar-refractivity contribution is 6.07. The number of rotatable bonds is 10. The van der Waals surface area contributed by atoms with Gasteiger partial charge in [-0.25, -0.2) is 9.59 Å². The highest BCUT2D eigenvalue weighted by Crippen LogP contribution is 2.31. The molecule has 4 amide bonds. The maximum absolute atomic E-state index is 12.9. The summed E-state index contributed by atoms with van der Waals surface area (Å²) in [4.78, 5) is 52.4.